The van der Waals surface area contributed by atoms with Gasteiger partial charge in [-0.1, -0.05) is 31.5 Å². The number of amides is 1. The van der Waals surface area contributed by atoms with Gasteiger partial charge in [-0.05, 0) is 69.4 Å². The zero-order valence-corrected chi connectivity index (χ0v) is 19.4. The van der Waals surface area contributed by atoms with Crippen LogP contribution in [0.1, 0.15) is 47.5 Å². The van der Waals surface area contributed by atoms with E-state index in [2.05, 4.69) is 23.7 Å². The predicted molar refractivity (Wildman–Crippen MR) is 123 cm³/mol. The van der Waals surface area contributed by atoms with E-state index in [0.29, 0.717) is 11.6 Å². The highest BCUT2D eigenvalue weighted by Crippen LogP contribution is 2.22. The lowest BCUT2D eigenvalue weighted by Gasteiger charge is -2.13. The highest BCUT2D eigenvalue weighted by atomic mass is 16.5. The quantitative estimate of drug-likeness (QED) is 0.396. The first-order valence-electron chi connectivity index (χ1n) is 10.4. The molecular formula is C25H31N3O3. The third-order valence-corrected chi connectivity index (χ3v) is 5.08. The van der Waals surface area contributed by atoms with E-state index in [1.165, 1.54) is 6.08 Å². The number of carbonyl (C=O) groups is 2. The summed E-state index contributed by atoms with van der Waals surface area (Å²) in [6.07, 6.45) is 1.52. The van der Waals surface area contributed by atoms with Crippen molar-refractivity contribution in [3.05, 3.63) is 57.4 Å². The largest absolute Gasteiger partial charge is 0.451 e. The minimum Gasteiger partial charge on any atom is -0.451 e. The third kappa shape index (κ3) is 6.08. The van der Waals surface area contributed by atoms with Gasteiger partial charge in [-0.15, -0.1) is 0 Å². The van der Waals surface area contributed by atoms with Crippen molar-refractivity contribution < 1.29 is 14.3 Å². The SMILES string of the molecule is Cc1cc(C)c(NC(=O)COC(=O)C(C#N)=Cc2cc(C)n(CC(C)C)c2C)c(C)c1. The number of rotatable bonds is 7. The minimum atomic E-state index is -0.816. The van der Waals surface area contributed by atoms with E-state index in [1.54, 1.807) is 0 Å². The molecule has 2 aromatic rings. The molecule has 1 N–H and O–H groups in total. The molecule has 0 aliphatic heterocycles. The molecule has 31 heavy (non-hydrogen) atoms. The summed E-state index contributed by atoms with van der Waals surface area (Å²) in [5.41, 5.74) is 6.39. The average molecular weight is 422 g/mol. The standard InChI is InChI=1S/C25H31N3O3/c1-15(2)13-28-19(6)10-21(20(28)7)11-22(12-26)25(30)31-14-23(29)27-24-17(4)8-16(3)9-18(24)5/h8-11,15H,13-14H2,1-7H3,(H,27,29). The summed E-state index contributed by atoms with van der Waals surface area (Å²) in [5.74, 6) is -0.791. The van der Waals surface area contributed by atoms with Crippen molar-refractivity contribution in [1.29, 1.82) is 5.26 Å². The van der Waals surface area contributed by atoms with Gasteiger partial charge in [-0.2, -0.15) is 5.26 Å². The van der Waals surface area contributed by atoms with Crippen LogP contribution in [0, 0.1) is 51.9 Å². The van der Waals surface area contributed by atoms with Crippen LogP contribution in [0.25, 0.3) is 6.08 Å². The minimum absolute atomic E-state index is 0.139. The van der Waals surface area contributed by atoms with Gasteiger partial charge in [-0.3, -0.25) is 4.79 Å². The Morgan fingerprint density at radius 1 is 1.13 bits per heavy atom. The van der Waals surface area contributed by atoms with E-state index in [1.807, 2.05) is 58.9 Å². The molecule has 6 heteroatoms. The molecule has 0 spiro atoms. The van der Waals surface area contributed by atoms with Crippen molar-refractivity contribution in [3.8, 4) is 6.07 Å². The fourth-order valence-electron chi connectivity index (χ4n) is 3.67. The lowest BCUT2D eigenvalue weighted by Crippen LogP contribution is -2.22. The molecule has 1 aromatic heterocycles. The maximum Gasteiger partial charge on any atom is 0.349 e. The number of carbonyl (C=O) groups excluding carboxylic acids is 2. The Hall–Kier alpha value is -3.33. The Kier molecular flexibility index (Phi) is 7.82. The van der Waals surface area contributed by atoms with Gasteiger partial charge < -0.3 is 14.6 Å². The fourth-order valence-corrected chi connectivity index (χ4v) is 3.67. The second-order valence-electron chi connectivity index (χ2n) is 8.40. The third-order valence-electron chi connectivity index (χ3n) is 5.08. The van der Waals surface area contributed by atoms with Crippen molar-refractivity contribution in [2.24, 2.45) is 5.92 Å². The Balaban J connectivity index is 2.09. The number of anilines is 1. The number of benzene rings is 1. The van der Waals surface area contributed by atoms with E-state index in [4.69, 9.17) is 4.74 Å². The molecule has 0 saturated heterocycles. The van der Waals surface area contributed by atoms with Crippen LogP contribution >= 0.6 is 0 Å². The first-order chi connectivity index (χ1) is 14.5. The van der Waals surface area contributed by atoms with Gasteiger partial charge in [-0.25, -0.2) is 4.79 Å². The molecular weight excluding hydrogens is 390 g/mol. The van der Waals surface area contributed by atoms with Gasteiger partial charge in [0, 0.05) is 23.6 Å². The zero-order chi connectivity index (χ0) is 23.3. The number of hydrogen-bond donors (Lipinski definition) is 1. The summed E-state index contributed by atoms with van der Waals surface area (Å²) in [7, 11) is 0. The monoisotopic (exact) mass is 421 g/mol. The van der Waals surface area contributed by atoms with Gasteiger partial charge >= 0.3 is 5.97 Å². The van der Waals surface area contributed by atoms with Gasteiger partial charge in [0.1, 0.15) is 11.6 Å². The van der Waals surface area contributed by atoms with Crippen molar-refractivity contribution in [1.82, 2.24) is 4.57 Å². The first-order valence-corrected chi connectivity index (χ1v) is 10.4. The summed E-state index contributed by atoms with van der Waals surface area (Å²) in [6, 6.07) is 7.78. The molecule has 0 fully saturated rings. The van der Waals surface area contributed by atoms with Crippen molar-refractivity contribution in [3.63, 3.8) is 0 Å². The summed E-state index contributed by atoms with van der Waals surface area (Å²) in [4.78, 5) is 24.7. The number of aryl methyl sites for hydroxylation is 4. The van der Waals surface area contributed by atoms with Gasteiger partial charge in [0.25, 0.3) is 5.91 Å². The number of nitrogens with zero attached hydrogens (tertiary/aromatic N) is 2. The molecule has 1 amide bonds. The Morgan fingerprint density at radius 2 is 1.74 bits per heavy atom. The maximum absolute atomic E-state index is 12.4. The van der Waals surface area contributed by atoms with E-state index in [-0.39, 0.29) is 5.57 Å². The van der Waals surface area contributed by atoms with E-state index >= 15 is 0 Å². The smallest absolute Gasteiger partial charge is 0.349 e. The molecule has 6 nitrogen and oxygen atoms in total. The van der Waals surface area contributed by atoms with E-state index in [0.717, 1.165) is 40.2 Å². The molecule has 1 heterocycles. The topological polar surface area (TPSA) is 84.1 Å². The first kappa shape index (κ1) is 23.9. The molecule has 2 rings (SSSR count). The number of hydrogen-bond acceptors (Lipinski definition) is 4. The maximum atomic E-state index is 12.4. The molecule has 0 unspecified atom stereocenters. The Labute approximate surface area is 184 Å². The number of ether oxygens (including phenoxy) is 1. The number of esters is 1. The van der Waals surface area contributed by atoms with Crippen LogP contribution < -0.4 is 5.32 Å². The lowest BCUT2D eigenvalue weighted by molar-refractivity contribution is -0.142. The Bertz CT molecular complexity index is 1050. The zero-order valence-electron chi connectivity index (χ0n) is 19.4. The van der Waals surface area contributed by atoms with Crippen LogP contribution in [-0.2, 0) is 20.9 Å². The molecule has 0 saturated carbocycles. The highest BCUT2D eigenvalue weighted by Gasteiger charge is 2.16. The predicted octanol–water partition coefficient (Wildman–Crippen LogP) is 4.78. The molecule has 0 aliphatic carbocycles. The van der Waals surface area contributed by atoms with Crippen LogP contribution in [-0.4, -0.2) is 23.1 Å². The second kappa shape index (κ2) is 10.1. The number of nitriles is 1. The summed E-state index contributed by atoms with van der Waals surface area (Å²) in [5, 5.41) is 12.2. The average Bonchev–Trinajstić information content (AvgIpc) is 2.93. The van der Waals surface area contributed by atoms with Gasteiger partial charge in [0.2, 0.25) is 0 Å². The normalized spacial score (nSPS) is 11.4. The van der Waals surface area contributed by atoms with Crippen LogP contribution in [0.3, 0.4) is 0 Å². The molecule has 0 atom stereocenters. The highest BCUT2D eigenvalue weighted by molar-refractivity contribution is 6.00. The molecule has 1 aromatic carbocycles. The van der Waals surface area contributed by atoms with Crippen LogP contribution in [0.15, 0.2) is 23.8 Å². The van der Waals surface area contributed by atoms with E-state index < -0.39 is 18.5 Å². The van der Waals surface area contributed by atoms with Crippen LogP contribution in [0.5, 0.6) is 0 Å². The number of aromatic nitrogens is 1. The summed E-state index contributed by atoms with van der Waals surface area (Å²) in [6.45, 7) is 14.4. The Morgan fingerprint density at radius 3 is 2.29 bits per heavy atom. The van der Waals surface area contributed by atoms with E-state index in [9.17, 15) is 14.9 Å². The lowest BCUT2D eigenvalue weighted by atomic mass is 10.1. The van der Waals surface area contributed by atoms with Gasteiger partial charge in [0.15, 0.2) is 6.61 Å². The molecule has 0 radical (unpaired) electrons. The fraction of sp³-hybridized carbons (Fsp3) is 0.400. The number of nitrogens with one attached hydrogen (secondary N) is 1. The summed E-state index contributed by atoms with van der Waals surface area (Å²) < 4.78 is 7.26. The molecule has 164 valence electrons. The summed E-state index contributed by atoms with van der Waals surface area (Å²) >= 11 is 0. The van der Waals surface area contributed by atoms with Gasteiger partial charge in [0.05, 0.1) is 0 Å². The van der Waals surface area contributed by atoms with Crippen LogP contribution in [0.2, 0.25) is 0 Å². The molecule has 0 bridgehead atoms. The molecule has 0 aliphatic rings. The second-order valence-corrected chi connectivity index (χ2v) is 8.40. The van der Waals surface area contributed by atoms with Crippen LogP contribution in [0.4, 0.5) is 5.69 Å². The van der Waals surface area contributed by atoms with Crippen molar-refractivity contribution in [2.45, 2.75) is 55.0 Å². The van der Waals surface area contributed by atoms with Crippen molar-refractivity contribution >= 4 is 23.6 Å². The van der Waals surface area contributed by atoms with Crippen molar-refractivity contribution in [2.75, 3.05) is 11.9 Å².